The Kier molecular flexibility index (Phi) is 4.80. The van der Waals surface area contributed by atoms with Crippen molar-refractivity contribution < 1.29 is 0 Å². The molecule has 6 rings (SSSR count). The maximum Gasteiger partial charge on any atom is 0.333 e. The molecule has 0 saturated carbocycles. The minimum atomic E-state index is 0.00595. The van der Waals surface area contributed by atoms with E-state index in [9.17, 15) is 4.79 Å². The van der Waals surface area contributed by atoms with Gasteiger partial charge in [-0.15, -0.1) is 0 Å². The van der Waals surface area contributed by atoms with Crippen LogP contribution in [0.2, 0.25) is 0 Å². The predicted octanol–water partition coefficient (Wildman–Crippen LogP) is 5.73. The summed E-state index contributed by atoms with van der Waals surface area (Å²) >= 11 is 0. The summed E-state index contributed by atoms with van der Waals surface area (Å²) < 4.78 is 5.72. The van der Waals surface area contributed by atoms with E-state index in [-0.39, 0.29) is 5.69 Å². The fraction of sp³-hybridized carbons (Fsp3) is 0.143. The maximum absolute atomic E-state index is 13.7. The van der Waals surface area contributed by atoms with E-state index in [4.69, 9.17) is 5.10 Å². The highest BCUT2D eigenvalue weighted by molar-refractivity contribution is 5.80. The van der Waals surface area contributed by atoms with Crippen LogP contribution in [-0.2, 0) is 6.54 Å². The van der Waals surface area contributed by atoms with Crippen molar-refractivity contribution in [2.75, 3.05) is 0 Å². The molecule has 33 heavy (non-hydrogen) atoms. The molecule has 0 bridgehead atoms. The number of benzene rings is 3. The first-order valence-corrected chi connectivity index (χ1v) is 11.4. The van der Waals surface area contributed by atoms with Crippen LogP contribution in [0.25, 0.3) is 33.7 Å². The monoisotopic (exact) mass is 432 g/mol. The van der Waals surface area contributed by atoms with Crippen molar-refractivity contribution in [3.05, 3.63) is 113 Å². The van der Waals surface area contributed by atoms with Gasteiger partial charge in [0.05, 0.1) is 34.7 Å². The Hall–Kier alpha value is -4.12. The average molecular weight is 433 g/mol. The number of fused-ring (bicyclic) bond motifs is 1. The van der Waals surface area contributed by atoms with Crippen LogP contribution in [0.5, 0.6) is 0 Å². The summed E-state index contributed by atoms with van der Waals surface area (Å²) in [5, 5.41) is 4.92. The molecule has 0 aliphatic heterocycles. The lowest BCUT2D eigenvalue weighted by Crippen LogP contribution is -2.25. The van der Waals surface area contributed by atoms with Gasteiger partial charge in [0.25, 0.3) is 0 Å². The molecule has 5 heteroatoms. The van der Waals surface area contributed by atoms with Crippen molar-refractivity contribution in [3.63, 3.8) is 0 Å². The molecule has 0 amide bonds. The number of aromatic nitrogens is 4. The average Bonchev–Trinajstić information content (AvgIpc) is 3.60. The molecule has 0 fully saturated rings. The van der Waals surface area contributed by atoms with Crippen molar-refractivity contribution in [2.45, 2.75) is 25.8 Å². The zero-order valence-electron chi connectivity index (χ0n) is 18.3. The minimum absolute atomic E-state index is 0.00595. The highest BCUT2D eigenvalue weighted by Crippen LogP contribution is 2.27. The molecule has 1 aliphatic rings. The molecule has 0 N–H and O–H groups in total. The summed E-state index contributed by atoms with van der Waals surface area (Å²) in [6.45, 7) is 0.439. The highest BCUT2D eigenvalue weighted by Gasteiger charge is 2.20. The van der Waals surface area contributed by atoms with Crippen LogP contribution in [0, 0.1) is 0 Å². The quantitative estimate of drug-likeness (QED) is 0.356. The maximum atomic E-state index is 13.7. The van der Waals surface area contributed by atoms with Crippen molar-refractivity contribution in [1.82, 2.24) is 18.9 Å². The number of hydrogen-bond donors (Lipinski definition) is 0. The van der Waals surface area contributed by atoms with Gasteiger partial charge in [-0.05, 0) is 49.6 Å². The van der Waals surface area contributed by atoms with Crippen molar-refractivity contribution in [3.8, 4) is 16.9 Å². The Bertz CT molecular complexity index is 1520. The van der Waals surface area contributed by atoms with E-state index in [0.717, 1.165) is 58.6 Å². The van der Waals surface area contributed by atoms with E-state index < -0.39 is 0 Å². The van der Waals surface area contributed by atoms with Crippen molar-refractivity contribution in [2.24, 2.45) is 0 Å². The standard InChI is InChI=1S/C28H24N4O/c33-28-30(26-17-9-10-18-27(26)31(28)22-13-7-8-14-22)20-24-19-25(21-11-3-1-4-12-21)29-32(24)23-15-5-2-6-16-23/h1-6,9-13,15-19H,7-8,14,20H2. The molecule has 2 heterocycles. The molecule has 2 aromatic heterocycles. The van der Waals surface area contributed by atoms with Crippen molar-refractivity contribution in [1.29, 1.82) is 0 Å². The second-order valence-corrected chi connectivity index (χ2v) is 8.41. The Morgan fingerprint density at radius 1 is 0.818 bits per heavy atom. The SMILES string of the molecule is O=c1n(Cc2cc(-c3ccccc3)nn2-c2ccccc2)c2ccccc2n1C1=CCCC1. The first kappa shape index (κ1) is 19.6. The third-order valence-electron chi connectivity index (χ3n) is 6.31. The van der Waals surface area contributed by atoms with Crippen LogP contribution in [0.3, 0.4) is 0 Å². The Morgan fingerprint density at radius 3 is 2.24 bits per heavy atom. The number of para-hydroxylation sites is 3. The zero-order chi connectivity index (χ0) is 22.2. The third kappa shape index (κ3) is 3.42. The van der Waals surface area contributed by atoms with Gasteiger partial charge < -0.3 is 0 Å². The number of hydrogen-bond acceptors (Lipinski definition) is 2. The lowest BCUT2D eigenvalue weighted by molar-refractivity contribution is 0.704. The highest BCUT2D eigenvalue weighted by atomic mass is 16.1. The number of nitrogens with zero attached hydrogens (tertiary/aromatic N) is 4. The molecule has 0 radical (unpaired) electrons. The summed E-state index contributed by atoms with van der Waals surface area (Å²) in [5.74, 6) is 0. The minimum Gasteiger partial charge on any atom is -0.286 e. The first-order valence-electron chi connectivity index (χ1n) is 11.4. The second-order valence-electron chi connectivity index (χ2n) is 8.41. The van der Waals surface area contributed by atoms with E-state index in [1.54, 1.807) is 0 Å². The summed E-state index contributed by atoms with van der Waals surface area (Å²) in [6.07, 6.45) is 5.26. The first-order chi connectivity index (χ1) is 16.3. The molecule has 0 unspecified atom stereocenters. The van der Waals surface area contributed by atoms with Gasteiger partial charge in [0.2, 0.25) is 0 Å². The number of allylic oxidation sites excluding steroid dienone is 2. The van der Waals surface area contributed by atoms with Crippen LogP contribution in [-0.4, -0.2) is 18.9 Å². The molecular formula is C28H24N4O. The van der Waals surface area contributed by atoms with Gasteiger partial charge in [-0.2, -0.15) is 5.10 Å². The molecule has 5 nitrogen and oxygen atoms in total. The Morgan fingerprint density at radius 2 is 1.52 bits per heavy atom. The van der Waals surface area contributed by atoms with E-state index >= 15 is 0 Å². The van der Waals surface area contributed by atoms with Crippen LogP contribution in [0.15, 0.2) is 102 Å². The lowest BCUT2D eigenvalue weighted by Gasteiger charge is -2.08. The molecule has 3 aromatic carbocycles. The summed E-state index contributed by atoms with van der Waals surface area (Å²) in [6, 6.07) is 30.4. The molecule has 162 valence electrons. The predicted molar refractivity (Wildman–Crippen MR) is 132 cm³/mol. The fourth-order valence-electron chi connectivity index (χ4n) is 4.73. The van der Waals surface area contributed by atoms with E-state index in [1.165, 1.54) is 0 Å². The molecule has 0 saturated heterocycles. The normalized spacial score (nSPS) is 13.5. The van der Waals surface area contributed by atoms with Gasteiger partial charge in [0, 0.05) is 11.3 Å². The van der Waals surface area contributed by atoms with Crippen LogP contribution < -0.4 is 5.69 Å². The summed E-state index contributed by atoms with van der Waals surface area (Å²) in [4.78, 5) is 13.7. The van der Waals surface area contributed by atoms with Gasteiger partial charge in [-0.25, -0.2) is 9.48 Å². The van der Waals surface area contributed by atoms with Crippen molar-refractivity contribution >= 4 is 16.7 Å². The van der Waals surface area contributed by atoms with Gasteiger partial charge in [-0.1, -0.05) is 66.7 Å². The van der Waals surface area contributed by atoms with Crippen LogP contribution in [0.4, 0.5) is 0 Å². The molecule has 0 atom stereocenters. The van der Waals surface area contributed by atoms with Crippen LogP contribution in [0.1, 0.15) is 25.0 Å². The van der Waals surface area contributed by atoms with E-state index in [1.807, 2.05) is 86.6 Å². The van der Waals surface area contributed by atoms with Gasteiger partial charge in [-0.3, -0.25) is 9.13 Å². The molecular weight excluding hydrogens is 408 g/mol. The largest absolute Gasteiger partial charge is 0.333 e. The number of rotatable bonds is 5. The molecule has 5 aromatic rings. The Balaban J connectivity index is 1.52. The summed E-state index contributed by atoms with van der Waals surface area (Å²) in [5.41, 5.74) is 6.91. The topological polar surface area (TPSA) is 44.8 Å². The molecule has 0 spiro atoms. The van der Waals surface area contributed by atoms with E-state index in [2.05, 4.69) is 24.3 Å². The zero-order valence-corrected chi connectivity index (χ0v) is 18.3. The third-order valence-corrected chi connectivity index (χ3v) is 6.31. The summed E-state index contributed by atoms with van der Waals surface area (Å²) in [7, 11) is 0. The second kappa shape index (κ2) is 8.10. The van der Waals surface area contributed by atoms with Gasteiger partial charge in [0.1, 0.15) is 0 Å². The van der Waals surface area contributed by atoms with Crippen LogP contribution >= 0.6 is 0 Å². The lowest BCUT2D eigenvalue weighted by atomic mass is 10.1. The van der Waals surface area contributed by atoms with Gasteiger partial charge >= 0.3 is 5.69 Å². The molecule has 1 aliphatic carbocycles. The van der Waals surface area contributed by atoms with E-state index in [0.29, 0.717) is 6.54 Å². The number of imidazole rings is 1. The smallest absolute Gasteiger partial charge is 0.286 e. The van der Waals surface area contributed by atoms with Gasteiger partial charge in [0.15, 0.2) is 0 Å². The fourth-order valence-corrected chi connectivity index (χ4v) is 4.73. The Labute approximate surface area is 191 Å².